The van der Waals surface area contributed by atoms with Crippen LogP contribution >= 0.6 is 0 Å². The van der Waals surface area contributed by atoms with Gasteiger partial charge >= 0.3 is 0 Å². The maximum absolute atomic E-state index is 12.9. The second kappa shape index (κ2) is 8.51. The van der Waals surface area contributed by atoms with Crippen LogP contribution in [0.1, 0.15) is 30.7 Å². The molecule has 1 amide bonds. The number of hydrogen-bond donors (Lipinski definition) is 0. The van der Waals surface area contributed by atoms with Crippen molar-refractivity contribution in [2.45, 2.75) is 30.7 Å². The summed E-state index contributed by atoms with van der Waals surface area (Å²) in [5.74, 6) is 0.585. The molecule has 2 aliphatic heterocycles. The quantitative estimate of drug-likeness (QED) is 0.747. The lowest BCUT2D eigenvalue weighted by atomic mass is 9.73. The van der Waals surface area contributed by atoms with Gasteiger partial charge in [-0.2, -0.15) is 0 Å². The third kappa shape index (κ3) is 3.95. The van der Waals surface area contributed by atoms with Gasteiger partial charge in [0, 0.05) is 52.2 Å². The van der Waals surface area contributed by atoms with Crippen LogP contribution in [0.2, 0.25) is 0 Å². The first kappa shape index (κ1) is 19.3. The smallest absolute Gasteiger partial charge is 0.223 e. The molecule has 0 aromatic heterocycles. The van der Waals surface area contributed by atoms with Crippen LogP contribution in [0.3, 0.4) is 0 Å². The molecular formula is C21H33N3O2. The molecule has 2 aliphatic rings. The molecule has 5 nitrogen and oxygen atoms in total. The summed E-state index contributed by atoms with van der Waals surface area (Å²) in [6.45, 7) is 5.63. The van der Waals surface area contributed by atoms with Gasteiger partial charge in [-0.15, -0.1) is 0 Å². The van der Waals surface area contributed by atoms with Crippen molar-refractivity contribution in [2.75, 3.05) is 60.5 Å². The first-order valence-corrected chi connectivity index (χ1v) is 9.78. The molecular weight excluding hydrogens is 326 g/mol. The van der Waals surface area contributed by atoms with E-state index in [1.807, 2.05) is 0 Å². The minimum Gasteiger partial charge on any atom is -0.383 e. The summed E-state index contributed by atoms with van der Waals surface area (Å²) in [4.78, 5) is 19.8. The van der Waals surface area contributed by atoms with Crippen LogP contribution in [0, 0.1) is 0 Å². The van der Waals surface area contributed by atoms with Crippen molar-refractivity contribution >= 4 is 5.91 Å². The highest BCUT2D eigenvalue weighted by Gasteiger charge is 2.53. The van der Waals surface area contributed by atoms with E-state index in [0.717, 1.165) is 39.0 Å². The van der Waals surface area contributed by atoms with Gasteiger partial charge in [0.2, 0.25) is 5.91 Å². The fraction of sp³-hybridized carbons (Fsp3) is 0.667. The molecule has 5 heteroatoms. The fourth-order valence-electron chi connectivity index (χ4n) is 4.68. The van der Waals surface area contributed by atoms with Crippen molar-refractivity contribution in [3.05, 3.63) is 35.9 Å². The van der Waals surface area contributed by atoms with E-state index in [9.17, 15) is 4.79 Å². The SMILES string of the molecule is COCCN1C(=O)C[C@@H](c2ccccc2)C12CCN(CCN(C)C)CC2. The molecule has 0 N–H and O–H groups in total. The van der Waals surface area contributed by atoms with Gasteiger partial charge in [0.25, 0.3) is 0 Å². The van der Waals surface area contributed by atoms with E-state index < -0.39 is 0 Å². The van der Waals surface area contributed by atoms with E-state index in [0.29, 0.717) is 25.5 Å². The highest BCUT2D eigenvalue weighted by atomic mass is 16.5. The van der Waals surface area contributed by atoms with Crippen LogP contribution < -0.4 is 0 Å². The number of methoxy groups -OCH3 is 1. The van der Waals surface area contributed by atoms with E-state index in [1.165, 1.54) is 5.56 Å². The molecule has 0 bridgehead atoms. The molecule has 1 atom stereocenters. The Morgan fingerprint density at radius 2 is 1.85 bits per heavy atom. The van der Waals surface area contributed by atoms with Crippen molar-refractivity contribution in [3.63, 3.8) is 0 Å². The molecule has 0 saturated carbocycles. The summed E-state index contributed by atoms with van der Waals surface area (Å²) in [5.41, 5.74) is 1.26. The number of rotatable bonds is 7. The van der Waals surface area contributed by atoms with Crippen LogP contribution in [0.5, 0.6) is 0 Å². The minimum absolute atomic E-state index is 0.0500. The molecule has 26 heavy (non-hydrogen) atoms. The second-order valence-electron chi connectivity index (χ2n) is 7.95. The van der Waals surface area contributed by atoms with Gasteiger partial charge in [0.15, 0.2) is 0 Å². The number of benzene rings is 1. The zero-order valence-corrected chi connectivity index (χ0v) is 16.5. The third-order valence-corrected chi connectivity index (χ3v) is 6.17. The van der Waals surface area contributed by atoms with Crippen molar-refractivity contribution < 1.29 is 9.53 Å². The maximum Gasteiger partial charge on any atom is 0.223 e. The molecule has 0 radical (unpaired) electrons. The molecule has 2 saturated heterocycles. The lowest BCUT2D eigenvalue weighted by molar-refractivity contribution is -0.133. The highest BCUT2D eigenvalue weighted by molar-refractivity contribution is 5.81. The summed E-state index contributed by atoms with van der Waals surface area (Å²) in [6.07, 6.45) is 2.73. The van der Waals surface area contributed by atoms with E-state index in [1.54, 1.807) is 7.11 Å². The fourth-order valence-corrected chi connectivity index (χ4v) is 4.68. The molecule has 1 aromatic carbocycles. The average Bonchev–Trinajstić information content (AvgIpc) is 2.92. The average molecular weight is 360 g/mol. The summed E-state index contributed by atoms with van der Waals surface area (Å²) in [5, 5.41) is 0. The summed E-state index contributed by atoms with van der Waals surface area (Å²) < 4.78 is 5.30. The Kier molecular flexibility index (Phi) is 6.33. The molecule has 144 valence electrons. The van der Waals surface area contributed by atoms with Gasteiger partial charge in [0.1, 0.15) is 0 Å². The molecule has 1 aromatic rings. The number of amides is 1. The summed E-state index contributed by atoms with van der Waals surface area (Å²) in [7, 11) is 5.96. The number of hydrogen-bond acceptors (Lipinski definition) is 4. The number of carbonyl (C=O) groups is 1. The maximum atomic E-state index is 12.9. The van der Waals surface area contributed by atoms with Gasteiger partial charge in [0.05, 0.1) is 12.1 Å². The summed E-state index contributed by atoms with van der Waals surface area (Å²) in [6, 6.07) is 10.6. The number of carbonyl (C=O) groups excluding carboxylic acids is 1. The highest BCUT2D eigenvalue weighted by Crippen LogP contribution is 2.48. The molecule has 0 unspecified atom stereocenters. The zero-order valence-electron chi connectivity index (χ0n) is 16.5. The van der Waals surface area contributed by atoms with Crippen LogP contribution in [0.4, 0.5) is 0 Å². The molecule has 0 aliphatic carbocycles. The largest absolute Gasteiger partial charge is 0.383 e. The van der Waals surface area contributed by atoms with Crippen molar-refractivity contribution in [1.82, 2.24) is 14.7 Å². The zero-order chi connectivity index (χ0) is 18.6. The van der Waals surface area contributed by atoms with E-state index in [4.69, 9.17) is 4.74 Å². The number of nitrogens with zero attached hydrogens (tertiary/aromatic N) is 3. The Balaban J connectivity index is 1.79. The lowest BCUT2D eigenvalue weighted by Crippen LogP contribution is -2.56. The van der Waals surface area contributed by atoms with Crippen molar-refractivity contribution in [3.8, 4) is 0 Å². The topological polar surface area (TPSA) is 36.0 Å². The number of likely N-dealkylation sites (N-methyl/N-ethyl adjacent to an activating group) is 1. The molecule has 2 heterocycles. The monoisotopic (exact) mass is 359 g/mol. The predicted octanol–water partition coefficient (Wildman–Crippen LogP) is 2.05. The molecule has 1 spiro atoms. The van der Waals surface area contributed by atoms with Gasteiger partial charge in [-0.3, -0.25) is 4.79 Å². The van der Waals surface area contributed by atoms with Gasteiger partial charge in [-0.05, 0) is 32.5 Å². The molecule has 2 fully saturated rings. The minimum atomic E-state index is -0.0500. The Bertz CT molecular complexity index is 582. The Morgan fingerprint density at radius 1 is 1.15 bits per heavy atom. The van der Waals surface area contributed by atoms with Crippen LogP contribution in [0.25, 0.3) is 0 Å². The number of ether oxygens (including phenoxy) is 1. The van der Waals surface area contributed by atoms with E-state index in [2.05, 4.69) is 59.1 Å². The van der Waals surface area contributed by atoms with Gasteiger partial charge < -0.3 is 19.4 Å². The summed E-state index contributed by atoms with van der Waals surface area (Å²) >= 11 is 0. The first-order valence-electron chi connectivity index (χ1n) is 9.78. The van der Waals surface area contributed by atoms with E-state index >= 15 is 0 Å². The lowest BCUT2D eigenvalue weighted by Gasteiger charge is -2.48. The van der Waals surface area contributed by atoms with Gasteiger partial charge in [-0.25, -0.2) is 0 Å². The second-order valence-corrected chi connectivity index (χ2v) is 7.95. The standard InChI is InChI=1S/C21H33N3O2/c1-22(2)13-14-23-11-9-21(10-12-23)19(18-7-5-4-6-8-18)17-20(25)24(21)15-16-26-3/h4-8,19H,9-17H2,1-3H3/t19-/m0/s1. The Hall–Kier alpha value is -1.43. The van der Waals surface area contributed by atoms with Gasteiger partial charge in [-0.1, -0.05) is 30.3 Å². The van der Waals surface area contributed by atoms with Crippen LogP contribution in [0.15, 0.2) is 30.3 Å². The van der Waals surface area contributed by atoms with Crippen molar-refractivity contribution in [1.29, 1.82) is 0 Å². The third-order valence-electron chi connectivity index (χ3n) is 6.17. The number of piperidine rings is 1. The number of likely N-dealkylation sites (tertiary alicyclic amines) is 2. The first-order chi connectivity index (χ1) is 12.6. The Labute approximate surface area is 157 Å². The van der Waals surface area contributed by atoms with Crippen LogP contribution in [-0.4, -0.2) is 86.7 Å². The normalized spacial score (nSPS) is 23.3. The van der Waals surface area contributed by atoms with Crippen LogP contribution in [-0.2, 0) is 9.53 Å². The van der Waals surface area contributed by atoms with Crippen molar-refractivity contribution in [2.24, 2.45) is 0 Å². The predicted molar refractivity (Wildman–Crippen MR) is 104 cm³/mol. The van der Waals surface area contributed by atoms with E-state index in [-0.39, 0.29) is 11.4 Å². The Morgan fingerprint density at radius 3 is 2.46 bits per heavy atom. The molecule has 3 rings (SSSR count).